The highest BCUT2D eigenvalue weighted by atomic mass is 16.3. The lowest BCUT2D eigenvalue weighted by molar-refractivity contribution is -0.437. The molecule has 0 saturated heterocycles. The lowest BCUT2D eigenvalue weighted by Crippen LogP contribution is -2.32. The Morgan fingerprint density at radius 3 is 2.28 bits per heavy atom. The average molecular weight is 482 g/mol. The van der Waals surface area contributed by atoms with Crippen LogP contribution in [0.15, 0.2) is 83.3 Å². The van der Waals surface area contributed by atoms with Crippen molar-refractivity contribution in [3.8, 4) is 0 Å². The summed E-state index contributed by atoms with van der Waals surface area (Å²) in [6, 6.07) is 16.3. The van der Waals surface area contributed by atoms with Gasteiger partial charge in [0, 0.05) is 40.9 Å². The summed E-state index contributed by atoms with van der Waals surface area (Å²) in [7, 11) is 0. The van der Waals surface area contributed by atoms with Crippen LogP contribution in [-0.4, -0.2) is 40.6 Å². The third kappa shape index (κ3) is 3.33. The van der Waals surface area contributed by atoms with Gasteiger partial charge in [-0.1, -0.05) is 57.2 Å². The maximum absolute atomic E-state index is 13.4. The summed E-state index contributed by atoms with van der Waals surface area (Å²) >= 11 is 0. The number of benzene rings is 2. The van der Waals surface area contributed by atoms with E-state index in [2.05, 4.69) is 57.4 Å². The van der Waals surface area contributed by atoms with Gasteiger partial charge in [0.1, 0.15) is 18.6 Å². The third-order valence-corrected chi connectivity index (χ3v) is 7.86. The van der Waals surface area contributed by atoms with Gasteiger partial charge in [0.05, 0.1) is 23.1 Å². The van der Waals surface area contributed by atoms with Crippen LogP contribution in [0.3, 0.4) is 0 Å². The van der Waals surface area contributed by atoms with E-state index < -0.39 is 5.41 Å². The van der Waals surface area contributed by atoms with Crippen LogP contribution >= 0.6 is 0 Å². The standard InChI is InChI=1S/C31H32N2O3/c1-6-15-32-24-13-9-7-11-22(24)30(2,3)26(32)18-20-28(35)21(29(20)36)19-27-31(4,5)23-12-8-10-14-25(23)33(27)16-17-34/h7-14,17-19H,6,15-16H2,1-5H3/p+1. The zero-order valence-electron chi connectivity index (χ0n) is 21.6. The van der Waals surface area contributed by atoms with Crippen LogP contribution in [0.4, 0.5) is 11.4 Å². The van der Waals surface area contributed by atoms with Crippen LogP contribution in [0.2, 0.25) is 0 Å². The van der Waals surface area contributed by atoms with Gasteiger partial charge in [-0.3, -0.25) is 4.79 Å². The Labute approximate surface area is 212 Å². The summed E-state index contributed by atoms with van der Waals surface area (Å²) in [5.74, 6) is -0.158. The molecule has 0 aromatic heterocycles. The molecule has 5 heteroatoms. The van der Waals surface area contributed by atoms with E-state index in [1.807, 2.05) is 41.3 Å². The minimum absolute atomic E-state index is 0.0148. The van der Waals surface area contributed by atoms with Gasteiger partial charge in [0.15, 0.2) is 5.71 Å². The van der Waals surface area contributed by atoms with Gasteiger partial charge in [-0.25, -0.2) is 0 Å². The monoisotopic (exact) mass is 481 g/mol. The highest BCUT2D eigenvalue weighted by Gasteiger charge is 2.47. The van der Waals surface area contributed by atoms with Crippen molar-refractivity contribution in [2.24, 2.45) is 0 Å². The molecule has 3 aliphatic rings. The van der Waals surface area contributed by atoms with Crippen molar-refractivity contribution < 1.29 is 19.3 Å². The molecular formula is C31H33N2O3+. The molecule has 1 N–H and O–H groups in total. The maximum Gasteiger partial charge on any atom is 0.209 e. The highest BCUT2D eigenvalue weighted by Crippen LogP contribution is 2.49. The van der Waals surface area contributed by atoms with Gasteiger partial charge in [-0.15, -0.1) is 0 Å². The van der Waals surface area contributed by atoms with E-state index in [4.69, 9.17) is 0 Å². The number of aldehydes is 1. The molecule has 0 bridgehead atoms. The van der Waals surface area contributed by atoms with Gasteiger partial charge in [0.2, 0.25) is 11.5 Å². The zero-order chi connectivity index (χ0) is 25.8. The smallest absolute Gasteiger partial charge is 0.209 e. The quantitative estimate of drug-likeness (QED) is 0.328. The molecule has 0 radical (unpaired) electrons. The van der Waals surface area contributed by atoms with Crippen molar-refractivity contribution in [2.45, 2.75) is 51.9 Å². The molecule has 5 nitrogen and oxygen atoms in total. The van der Waals surface area contributed by atoms with Crippen LogP contribution in [0.25, 0.3) is 0 Å². The minimum atomic E-state index is -0.408. The number of aliphatic hydroxyl groups excluding tert-OH is 1. The minimum Gasteiger partial charge on any atom is -0.506 e. The van der Waals surface area contributed by atoms with E-state index in [1.54, 1.807) is 6.08 Å². The van der Waals surface area contributed by atoms with E-state index in [1.165, 1.54) is 5.56 Å². The Morgan fingerprint density at radius 2 is 1.61 bits per heavy atom. The summed E-state index contributed by atoms with van der Waals surface area (Å²) in [6.07, 6.45) is 5.47. The Bertz CT molecular complexity index is 1420. The Kier molecular flexibility index (Phi) is 5.62. The number of carbonyl (C=O) groups excluding carboxylic acids is 2. The van der Waals surface area contributed by atoms with Crippen molar-refractivity contribution in [3.05, 3.63) is 94.4 Å². The molecule has 2 aliphatic heterocycles. The number of Topliss-reactive ketones (excluding diaryl/α,β-unsaturated/α-hetero) is 1. The number of allylic oxidation sites excluding steroid dienone is 5. The number of ketones is 1. The molecule has 1 aliphatic carbocycles. The molecule has 2 heterocycles. The average Bonchev–Trinajstić information content (AvgIpc) is 3.20. The number of rotatable bonds is 6. The SMILES string of the molecule is CCC[N+]1=C(C=C2C(=O)C(C=C3N(CC=O)c4ccccc4C3(C)C)=C2O)C(C)(C)c2ccccc21. The highest BCUT2D eigenvalue weighted by molar-refractivity contribution is 6.24. The van der Waals surface area contributed by atoms with Crippen molar-refractivity contribution in [3.63, 3.8) is 0 Å². The normalized spacial score (nSPS) is 21.8. The number of hydrogen-bond acceptors (Lipinski definition) is 4. The summed E-state index contributed by atoms with van der Waals surface area (Å²) in [4.78, 5) is 26.8. The van der Waals surface area contributed by atoms with Gasteiger partial charge in [-0.2, -0.15) is 4.58 Å². The zero-order valence-corrected chi connectivity index (χ0v) is 21.6. The summed E-state index contributed by atoms with van der Waals surface area (Å²) in [5.41, 5.74) is 6.22. The molecule has 2 aromatic rings. The summed E-state index contributed by atoms with van der Waals surface area (Å²) in [5, 5.41) is 11.1. The molecule has 0 amide bonds. The first-order chi connectivity index (χ1) is 17.1. The molecule has 0 unspecified atom stereocenters. The van der Waals surface area contributed by atoms with Gasteiger partial charge >= 0.3 is 0 Å². The molecule has 0 saturated carbocycles. The van der Waals surface area contributed by atoms with Gasteiger partial charge in [-0.05, 0) is 31.6 Å². The van der Waals surface area contributed by atoms with Crippen molar-refractivity contribution in [1.29, 1.82) is 0 Å². The van der Waals surface area contributed by atoms with Crippen LogP contribution < -0.4 is 4.90 Å². The topological polar surface area (TPSA) is 60.6 Å². The number of anilines is 1. The second-order valence-electron chi connectivity index (χ2n) is 10.8. The molecular weight excluding hydrogens is 448 g/mol. The van der Waals surface area contributed by atoms with Crippen LogP contribution in [0, 0.1) is 0 Å². The lowest BCUT2D eigenvalue weighted by atomic mass is 9.77. The van der Waals surface area contributed by atoms with E-state index in [0.29, 0.717) is 11.1 Å². The van der Waals surface area contributed by atoms with E-state index in [9.17, 15) is 14.7 Å². The van der Waals surface area contributed by atoms with Crippen molar-refractivity contribution in [1.82, 2.24) is 0 Å². The number of fused-ring (bicyclic) bond motifs is 2. The molecule has 5 rings (SSSR count). The molecule has 36 heavy (non-hydrogen) atoms. The number of carbonyl (C=O) groups is 2. The van der Waals surface area contributed by atoms with E-state index >= 15 is 0 Å². The summed E-state index contributed by atoms with van der Waals surface area (Å²) in [6.45, 7) is 11.6. The molecule has 0 atom stereocenters. The number of para-hydroxylation sites is 2. The predicted octanol–water partition coefficient (Wildman–Crippen LogP) is 5.67. The Hall–Kier alpha value is -3.73. The largest absolute Gasteiger partial charge is 0.506 e. The fourth-order valence-electron chi connectivity index (χ4n) is 5.92. The Balaban J connectivity index is 1.59. The fraction of sp³-hybridized carbons (Fsp3) is 0.323. The maximum atomic E-state index is 13.4. The second kappa shape index (κ2) is 8.44. The van der Waals surface area contributed by atoms with Gasteiger partial charge < -0.3 is 14.8 Å². The van der Waals surface area contributed by atoms with Crippen molar-refractivity contribution in [2.75, 3.05) is 18.0 Å². The van der Waals surface area contributed by atoms with Crippen LogP contribution in [0.1, 0.15) is 52.2 Å². The number of hydrogen-bond donors (Lipinski definition) is 1. The predicted molar refractivity (Wildman–Crippen MR) is 143 cm³/mol. The molecule has 0 spiro atoms. The van der Waals surface area contributed by atoms with Gasteiger partial charge in [0.25, 0.3) is 0 Å². The number of aliphatic hydroxyl groups is 1. The Morgan fingerprint density at radius 1 is 0.944 bits per heavy atom. The van der Waals surface area contributed by atoms with E-state index in [-0.39, 0.29) is 23.5 Å². The van der Waals surface area contributed by atoms with Crippen LogP contribution in [-0.2, 0) is 20.4 Å². The number of nitrogens with zero attached hydrogens (tertiary/aromatic N) is 2. The van der Waals surface area contributed by atoms with Crippen molar-refractivity contribution >= 4 is 29.2 Å². The first-order valence-electron chi connectivity index (χ1n) is 12.6. The third-order valence-electron chi connectivity index (χ3n) is 7.86. The van der Waals surface area contributed by atoms with E-state index in [0.717, 1.165) is 47.6 Å². The molecule has 0 fully saturated rings. The molecule has 2 aromatic carbocycles. The first-order valence-corrected chi connectivity index (χ1v) is 12.6. The summed E-state index contributed by atoms with van der Waals surface area (Å²) < 4.78 is 2.27. The first kappa shape index (κ1) is 24.0. The lowest BCUT2D eigenvalue weighted by Gasteiger charge is -2.28. The molecule has 184 valence electrons. The second-order valence-corrected chi connectivity index (χ2v) is 10.8. The fourth-order valence-corrected chi connectivity index (χ4v) is 5.92. The van der Waals surface area contributed by atoms with Crippen LogP contribution in [0.5, 0.6) is 0 Å².